The van der Waals surface area contributed by atoms with Crippen LogP contribution >= 0.6 is 0 Å². The third-order valence-electron chi connectivity index (χ3n) is 4.41. The first-order chi connectivity index (χ1) is 9.76. The molecule has 1 aromatic rings. The highest BCUT2D eigenvalue weighted by Crippen LogP contribution is 2.32. The van der Waals surface area contributed by atoms with Crippen LogP contribution in [0.5, 0.6) is 0 Å². The van der Waals surface area contributed by atoms with Crippen molar-refractivity contribution in [1.82, 2.24) is 4.31 Å². The quantitative estimate of drug-likeness (QED) is 0.933. The summed E-state index contributed by atoms with van der Waals surface area (Å²) in [5, 5.41) is 0. The number of aryl methyl sites for hydroxylation is 1. The predicted molar refractivity (Wildman–Crippen MR) is 85.5 cm³/mol. The van der Waals surface area contributed by atoms with Crippen molar-refractivity contribution in [3.8, 4) is 0 Å². The van der Waals surface area contributed by atoms with Gasteiger partial charge in [-0.3, -0.25) is 0 Å². The van der Waals surface area contributed by atoms with Crippen LogP contribution in [0.2, 0.25) is 0 Å². The van der Waals surface area contributed by atoms with Crippen molar-refractivity contribution in [1.29, 1.82) is 0 Å². The molecule has 1 aliphatic rings. The smallest absolute Gasteiger partial charge is 0.243 e. The Kier molecular flexibility index (Phi) is 4.76. The van der Waals surface area contributed by atoms with E-state index in [9.17, 15) is 8.42 Å². The monoisotopic (exact) mass is 310 g/mol. The molecule has 2 N–H and O–H groups in total. The van der Waals surface area contributed by atoms with Gasteiger partial charge in [-0.1, -0.05) is 26.0 Å². The van der Waals surface area contributed by atoms with E-state index in [4.69, 9.17) is 5.73 Å². The molecule has 0 atom stereocenters. The first kappa shape index (κ1) is 16.5. The maximum absolute atomic E-state index is 12.9. The zero-order valence-electron chi connectivity index (χ0n) is 13.2. The van der Waals surface area contributed by atoms with E-state index in [0.717, 1.165) is 30.4 Å². The summed E-state index contributed by atoms with van der Waals surface area (Å²) in [6.07, 6.45) is 2.89. The van der Waals surface area contributed by atoms with Crippen LogP contribution in [0.25, 0.3) is 0 Å². The van der Waals surface area contributed by atoms with Crippen LogP contribution in [0, 0.1) is 12.3 Å². The van der Waals surface area contributed by atoms with E-state index in [-0.39, 0.29) is 5.41 Å². The molecule has 0 aliphatic carbocycles. The Hall–Kier alpha value is -0.910. The van der Waals surface area contributed by atoms with Gasteiger partial charge >= 0.3 is 0 Å². The fourth-order valence-electron chi connectivity index (χ4n) is 2.83. The van der Waals surface area contributed by atoms with E-state index in [0.29, 0.717) is 24.5 Å². The number of rotatable bonds is 3. The molecule has 118 valence electrons. The normalized spacial score (nSPS) is 20.2. The molecule has 0 unspecified atom stereocenters. The fourth-order valence-corrected chi connectivity index (χ4v) is 4.58. The second kappa shape index (κ2) is 6.07. The Morgan fingerprint density at radius 3 is 2.62 bits per heavy atom. The highest BCUT2D eigenvalue weighted by molar-refractivity contribution is 7.89. The lowest BCUT2D eigenvalue weighted by molar-refractivity contribution is 0.315. The molecule has 21 heavy (non-hydrogen) atoms. The van der Waals surface area contributed by atoms with Gasteiger partial charge in [0.25, 0.3) is 0 Å². The van der Waals surface area contributed by atoms with Crippen LogP contribution in [0.15, 0.2) is 23.1 Å². The number of hydrogen-bond donors (Lipinski definition) is 1. The SMILES string of the molecule is Cc1ccc(CN)cc1S(=O)(=O)N1CCCC(C)(C)CC1. The Morgan fingerprint density at radius 2 is 1.95 bits per heavy atom. The second-order valence-electron chi connectivity index (χ2n) is 6.73. The molecule has 0 amide bonds. The summed E-state index contributed by atoms with van der Waals surface area (Å²) < 4.78 is 27.5. The first-order valence-corrected chi connectivity index (χ1v) is 9.00. The lowest BCUT2D eigenvalue weighted by Crippen LogP contribution is -2.33. The Morgan fingerprint density at radius 1 is 1.24 bits per heavy atom. The largest absolute Gasteiger partial charge is 0.326 e. The van der Waals surface area contributed by atoms with E-state index < -0.39 is 10.0 Å². The second-order valence-corrected chi connectivity index (χ2v) is 8.63. The average molecular weight is 310 g/mol. The number of hydrogen-bond acceptors (Lipinski definition) is 3. The van der Waals surface area contributed by atoms with Gasteiger partial charge < -0.3 is 5.73 Å². The van der Waals surface area contributed by atoms with E-state index in [1.807, 2.05) is 19.1 Å². The summed E-state index contributed by atoms with van der Waals surface area (Å²) in [5.74, 6) is 0. The van der Waals surface area contributed by atoms with Gasteiger partial charge in [-0.2, -0.15) is 4.31 Å². The maximum atomic E-state index is 12.9. The molecule has 1 saturated heterocycles. The molecule has 0 aromatic heterocycles. The predicted octanol–water partition coefficient (Wildman–Crippen LogP) is 2.65. The zero-order valence-corrected chi connectivity index (χ0v) is 14.0. The van der Waals surface area contributed by atoms with Crippen molar-refractivity contribution in [2.75, 3.05) is 13.1 Å². The van der Waals surface area contributed by atoms with E-state index >= 15 is 0 Å². The van der Waals surface area contributed by atoms with Crippen LogP contribution in [0.1, 0.15) is 44.2 Å². The zero-order chi connectivity index (χ0) is 15.7. The molecule has 4 nitrogen and oxygen atoms in total. The highest BCUT2D eigenvalue weighted by atomic mass is 32.2. The Balaban J connectivity index is 2.33. The van der Waals surface area contributed by atoms with E-state index in [1.54, 1.807) is 10.4 Å². The molecule has 5 heteroatoms. The van der Waals surface area contributed by atoms with Crippen molar-refractivity contribution < 1.29 is 8.42 Å². The molecule has 2 rings (SSSR count). The van der Waals surface area contributed by atoms with Gasteiger partial charge in [0.1, 0.15) is 0 Å². The average Bonchev–Trinajstić information content (AvgIpc) is 2.60. The summed E-state index contributed by atoms with van der Waals surface area (Å²) in [7, 11) is -3.42. The molecular formula is C16H26N2O2S. The standard InChI is InChI=1S/C16H26N2O2S/c1-13-5-6-14(12-17)11-15(13)21(19,20)18-9-4-7-16(2,3)8-10-18/h5-6,11H,4,7-10,12,17H2,1-3H3. The molecule has 1 fully saturated rings. The van der Waals surface area contributed by atoms with E-state index in [2.05, 4.69) is 13.8 Å². The van der Waals surface area contributed by atoms with Crippen molar-refractivity contribution >= 4 is 10.0 Å². The Labute approximate surface area is 128 Å². The van der Waals surface area contributed by atoms with E-state index in [1.165, 1.54) is 0 Å². The molecular weight excluding hydrogens is 284 g/mol. The highest BCUT2D eigenvalue weighted by Gasteiger charge is 2.31. The van der Waals surface area contributed by atoms with Crippen LogP contribution in [0.3, 0.4) is 0 Å². The third kappa shape index (κ3) is 3.65. The number of nitrogens with two attached hydrogens (primary N) is 1. The minimum Gasteiger partial charge on any atom is -0.326 e. The van der Waals surface area contributed by atoms with Crippen molar-refractivity contribution in [2.24, 2.45) is 11.1 Å². The van der Waals surface area contributed by atoms with Gasteiger partial charge in [0.05, 0.1) is 4.90 Å². The molecule has 0 saturated carbocycles. The van der Waals surface area contributed by atoms with Gasteiger partial charge in [0, 0.05) is 19.6 Å². The van der Waals surface area contributed by atoms with Crippen LogP contribution < -0.4 is 5.73 Å². The molecule has 1 aromatic carbocycles. The summed E-state index contributed by atoms with van der Waals surface area (Å²) in [6, 6.07) is 5.46. The van der Waals surface area contributed by atoms with Gasteiger partial charge in [-0.05, 0) is 48.8 Å². The van der Waals surface area contributed by atoms with Gasteiger partial charge in [0.2, 0.25) is 10.0 Å². The third-order valence-corrected chi connectivity index (χ3v) is 6.45. The summed E-state index contributed by atoms with van der Waals surface area (Å²) in [6.45, 7) is 7.83. The molecule has 0 bridgehead atoms. The molecule has 0 spiro atoms. The van der Waals surface area contributed by atoms with Gasteiger partial charge in [-0.25, -0.2) is 8.42 Å². The van der Waals surface area contributed by atoms with Crippen LogP contribution in [-0.2, 0) is 16.6 Å². The summed E-state index contributed by atoms with van der Waals surface area (Å²) >= 11 is 0. The number of nitrogens with zero attached hydrogens (tertiary/aromatic N) is 1. The van der Waals surface area contributed by atoms with Crippen molar-refractivity contribution in [3.63, 3.8) is 0 Å². The first-order valence-electron chi connectivity index (χ1n) is 7.56. The van der Waals surface area contributed by atoms with Crippen molar-refractivity contribution in [2.45, 2.75) is 51.5 Å². The fraction of sp³-hybridized carbons (Fsp3) is 0.625. The summed E-state index contributed by atoms with van der Waals surface area (Å²) in [5.41, 5.74) is 7.51. The molecule has 1 heterocycles. The number of benzene rings is 1. The van der Waals surface area contributed by atoms with Gasteiger partial charge in [-0.15, -0.1) is 0 Å². The molecule has 0 radical (unpaired) electrons. The van der Waals surface area contributed by atoms with Crippen molar-refractivity contribution in [3.05, 3.63) is 29.3 Å². The minimum absolute atomic E-state index is 0.221. The molecule has 1 aliphatic heterocycles. The number of sulfonamides is 1. The summed E-state index contributed by atoms with van der Waals surface area (Å²) in [4.78, 5) is 0.408. The van der Waals surface area contributed by atoms with Crippen LogP contribution in [0.4, 0.5) is 0 Å². The van der Waals surface area contributed by atoms with Gasteiger partial charge in [0.15, 0.2) is 0 Å². The van der Waals surface area contributed by atoms with Crippen LogP contribution in [-0.4, -0.2) is 25.8 Å². The lowest BCUT2D eigenvalue weighted by Gasteiger charge is -2.23. The maximum Gasteiger partial charge on any atom is 0.243 e. The Bertz CT molecular complexity index is 609. The lowest BCUT2D eigenvalue weighted by atomic mass is 9.85. The minimum atomic E-state index is -3.42. The topological polar surface area (TPSA) is 63.4 Å².